The van der Waals surface area contributed by atoms with Gasteiger partial charge in [0.15, 0.2) is 5.11 Å². The molecule has 4 heterocycles. The molecule has 1 saturated heterocycles. The molecule has 0 spiro atoms. The predicted octanol–water partition coefficient (Wildman–Crippen LogP) is 2.21. The van der Waals surface area contributed by atoms with Gasteiger partial charge in [-0.05, 0) is 42.8 Å². The molecule has 2 bridgehead atoms. The number of hydrogen-bond acceptors (Lipinski definition) is 3. The van der Waals surface area contributed by atoms with Crippen LogP contribution in [-0.2, 0) is 0 Å². The van der Waals surface area contributed by atoms with Crippen molar-refractivity contribution in [1.29, 1.82) is 0 Å². The van der Waals surface area contributed by atoms with Crippen molar-refractivity contribution in [2.75, 3.05) is 32.1 Å². The van der Waals surface area contributed by atoms with E-state index in [2.05, 4.69) is 58.8 Å². The summed E-state index contributed by atoms with van der Waals surface area (Å²) < 4.78 is 0. The van der Waals surface area contributed by atoms with Crippen molar-refractivity contribution >= 4 is 23.0 Å². The first-order valence-corrected chi connectivity index (χ1v) is 8.38. The van der Waals surface area contributed by atoms with Crippen molar-refractivity contribution < 1.29 is 0 Å². The van der Waals surface area contributed by atoms with E-state index in [0.717, 1.165) is 5.11 Å². The molecular weight excluding hydrogens is 292 g/mol. The Bertz CT molecular complexity index is 627. The van der Waals surface area contributed by atoms with Crippen LogP contribution in [0.15, 0.2) is 35.7 Å². The van der Waals surface area contributed by atoms with E-state index < -0.39 is 0 Å². The van der Waals surface area contributed by atoms with Crippen molar-refractivity contribution in [3.05, 3.63) is 41.2 Å². The Morgan fingerprint density at radius 2 is 1.82 bits per heavy atom. The molecule has 4 aliphatic heterocycles. The number of anilines is 1. The second-order valence-electron chi connectivity index (χ2n) is 6.58. The zero-order valence-electron chi connectivity index (χ0n) is 13.1. The van der Waals surface area contributed by atoms with Gasteiger partial charge in [-0.2, -0.15) is 0 Å². The Labute approximate surface area is 137 Å². The first-order valence-electron chi connectivity index (χ1n) is 7.97. The molecule has 5 heteroatoms. The molecule has 22 heavy (non-hydrogen) atoms. The van der Waals surface area contributed by atoms with E-state index in [1.807, 2.05) is 0 Å². The van der Waals surface area contributed by atoms with Crippen molar-refractivity contribution in [3.8, 4) is 0 Å². The number of piperidine rings is 1. The SMILES string of the molecule is CN(C)c1ccc([C@@H]2NC(=S)NC3=C2N2CCC3CC2)cc1. The lowest BCUT2D eigenvalue weighted by Crippen LogP contribution is -2.55. The van der Waals surface area contributed by atoms with E-state index in [1.165, 1.54) is 48.6 Å². The van der Waals surface area contributed by atoms with Gasteiger partial charge in [0, 0.05) is 44.5 Å². The van der Waals surface area contributed by atoms with Gasteiger partial charge in [-0.1, -0.05) is 12.1 Å². The topological polar surface area (TPSA) is 30.5 Å². The number of nitrogens with one attached hydrogen (secondary N) is 2. The normalized spacial score (nSPS) is 24.0. The minimum absolute atomic E-state index is 0.183. The Hall–Kier alpha value is -1.75. The molecule has 0 saturated carbocycles. The van der Waals surface area contributed by atoms with Gasteiger partial charge in [-0.3, -0.25) is 0 Å². The lowest BCUT2D eigenvalue weighted by Gasteiger charge is -2.49. The standard InChI is InChI=1S/C17H22N4S/c1-20(2)13-5-3-11(4-6-13)14-16-15(19-17(22)18-14)12-7-9-21(16)10-8-12/h3-6,12,14H,7-10H2,1-2H3,(H2,18,19,22)/t14-/m0/s1. The molecule has 2 N–H and O–H groups in total. The number of benzene rings is 1. The Morgan fingerprint density at radius 3 is 2.45 bits per heavy atom. The van der Waals surface area contributed by atoms with Crippen LogP contribution in [0.1, 0.15) is 24.4 Å². The summed E-state index contributed by atoms with van der Waals surface area (Å²) in [6.45, 7) is 2.35. The summed E-state index contributed by atoms with van der Waals surface area (Å²) in [6, 6.07) is 8.98. The van der Waals surface area contributed by atoms with Gasteiger partial charge < -0.3 is 20.4 Å². The molecule has 0 aromatic heterocycles. The third-order valence-corrected chi connectivity index (χ3v) is 5.28. The molecule has 4 nitrogen and oxygen atoms in total. The summed E-state index contributed by atoms with van der Waals surface area (Å²) in [5.41, 5.74) is 5.28. The molecular formula is C17H22N4S. The summed E-state index contributed by atoms with van der Waals surface area (Å²) in [5, 5.41) is 7.66. The maximum Gasteiger partial charge on any atom is 0.171 e. The summed E-state index contributed by atoms with van der Waals surface area (Å²) in [4.78, 5) is 4.66. The van der Waals surface area contributed by atoms with E-state index in [4.69, 9.17) is 12.2 Å². The second kappa shape index (κ2) is 5.16. The van der Waals surface area contributed by atoms with E-state index in [-0.39, 0.29) is 6.04 Å². The average molecular weight is 314 g/mol. The van der Waals surface area contributed by atoms with Crippen molar-refractivity contribution in [2.45, 2.75) is 18.9 Å². The van der Waals surface area contributed by atoms with E-state index in [1.54, 1.807) is 0 Å². The number of nitrogens with zero attached hydrogens (tertiary/aromatic N) is 2. The highest BCUT2D eigenvalue weighted by atomic mass is 32.1. The van der Waals surface area contributed by atoms with Crippen LogP contribution in [0.4, 0.5) is 5.69 Å². The van der Waals surface area contributed by atoms with Crippen LogP contribution in [0.5, 0.6) is 0 Å². The molecule has 0 aliphatic carbocycles. The van der Waals surface area contributed by atoms with Crippen molar-refractivity contribution in [1.82, 2.24) is 15.5 Å². The largest absolute Gasteiger partial charge is 0.378 e. The van der Waals surface area contributed by atoms with Crippen molar-refractivity contribution in [3.63, 3.8) is 0 Å². The highest BCUT2D eigenvalue weighted by molar-refractivity contribution is 7.80. The first kappa shape index (κ1) is 13.9. The minimum Gasteiger partial charge on any atom is -0.378 e. The molecule has 4 aliphatic rings. The number of hydrogen-bond donors (Lipinski definition) is 2. The monoisotopic (exact) mass is 314 g/mol. The van der Waals surface area contributed by atoms with Gasteiger partial charge in [0.1, 0.15) is 0 Å². The van der Waals surface area contributed by atoms with Crippen LogP contribution in [0.3, 0.4) is 0 Å². The van der Waals surface area contributed by atoms with Crippen LogP contribution in [0.25, 0.3) is 0 Å². The van der Waals surface area contributed by atoms with Crippen LogP contribution in [0, 0.1) is 5.92 Å². The zero-order chi connectivity index (χ0) is 15.3. The number of fused-ring (bicyclic) bond motifs is 2. The first-order chi connectivity index (χ1) is 10.6. The van der Waals surface area contributed by atoms with Crippen LogP contribution >= 0.6 is 12.2 Å². The molecule has 0 amide bonds. The molecule has 5 rings (SSSR count). The molecule has 0 unspecified atom stereocenters. The molecule has 1 aromatic carbocycles. The quantitative estimate of drug-likeness (QED) is 0.817. The average Bonchev–Trinajstić information content (AvgIpc) is 2.55. The number of allylic oxidation sites excluding steroid dienone is 1. The maximum absolute atomic E-state index is 5.45. The highest BCUT2D eigenvalue weighted by Crippen LogP contribution is 2.41. The fourth-order valence-electron chi connectivity index (χ4n) is 3.86. The highest BCUT2D eigenvalue weighted by Gasteiger charge is 2.40. The Balaban J connectivity index is 1.73. The Morgan fingerprint density at radius 1 is 1.14 bits per heavy atom. The summed E-state index contributed by atoms with van der Waals surface area (Å²) >= 11 is 5.45. The summed E-state index contributed by atoms with van der Waals surface area (Å²) in [7, 11) is 4.14. The second-order valence-corrected chi connectivity index (χ2v) is 6.99. The molecule has 1 atom stereocenters. The van der Waals surface area contributed by atoms with Gasteiger partial charge in [0.25, 0.3) is 0 Å². The fraction of sp³-hybridized carbons (Fsp3) is 0.471. The lowest BCUT2D eigenvalue weighted by molar-refractivity contribution is 0.181. The number of thiocarbonyl (C=S) groups is 1. The van der Waals surface area contributed by atoms with Gasteiger partial charge in [-0.25, -0.2) is 0 Å². The molecule has 1 aromatic rings. The van der Waals surface area contributed by atoms with E-state index >= 15 is 0 Å². The van der Waals surface area contributed by atoms with Crippen LogP contribution in [0.2, 0.25) is 0 Å². The van der Waals surface area contributed by atoms with Gasteiger partial charge in [0.05, 0.1) is 11.7 Å². The van der Waals surface area contributed by atoms with Gasteiger partial charge in [0.2, 0.25) is 0 Å². The third kappa shape index (κ3) is 2.15. The van der Waals surface area contributed by atoms with E-state index in [9.17, 15) is 0 Å². The minimum atomic E-state index is 0.183. The maximum atomic E-state index is 5.45. The van der Waals surface area contributed by atoms with E-state index in [0.29, 0.717) is 5.92 Å². The predicted molar refractivity (Wildman–Crippen MR) is 93.7 cm³/mol. The summed E-state index contributed by atoms with van der Waals surface area (Å²) in [5.74, 6) is 0.656. The summed E-state index contributed by atoms with van der Waals surface area (Å²) in [6.07, 6.45) is 2.50. The fourth-order valence-corrected chi connectivity index (χ4v) is 4.08. The van der Waals surface area contributed by atoms with Crippen LogP contribution < -0.4 is 15.5 Å². The van der Waals surface area contributed by atoms with Crippen molar-refractivity contribution in [2.24, 2.45) is 5.92 Å². The van der Waals surface area contributed by atoms with Gasteiger partial charge in [-0.15, -0.1) is 0 Å². The third-order valence-electron chi connectivity index (χ3n) is 5.06. The Kier molecular flexibility index (Phi) is 3.26. The zero-order valence-corrected chi connectivity index (χ0v) is 13.9. The smallest absolute Gasteiger partial charge is 0.171 e. The lowest BCUT2D eigenvalue weighted by atomic mass is 9.82. The van der Waals surface area contributed by atoms with Crippen LogP contribution in [-0.4, -0.2) is 37.2 Å². The van der Waals surface area contributed by atoms with Gasteiger partial charge >= 0.3 is 0 Å². The molecule has 1 fully saturated rings. The number of rotatable bonds is 2. The molecule has 0 radical (unpaired) electrons. The molecule has 116 valence electrons.